The van der Waals surface area contributed by atoms with Gasteiger partial charge < -0.3 is 4.74 Å². The van der Waals surface area contributed by atoms with Crippen LogP contribution in [0.25, 0.3) is 12.2 Å². The summed E-state index contributed by atoms with van der Waals surface area (Å²) < 4.78 is 5.13. The van der Waals surface area contributed by atoms with Crippen LogP contribution in [0.4, 0.5) is 0 Å². The van der Waals surface area contributed by atoms with E-state index in [9.17, 15) is 0 Å². The van der Waals surface area contributed by atoms with Crippen LogP contribution in [-0.4, -0.2) is 12.1 Å². The van der Waals surface area contributed by atoms with Gasteiger partial charge in [-0.3, -0.25) is 0 Å². The van der Waals surface area contributed by atoms with Crippen molar-refractivity contribution in [3.05, 3.63) is 35.4 Å². The van der Waals surface area contributed by atoms with Crippen LogP contribution in [-0.2, 0) is 0 Å². The van der Waals surface area contributed by atoms with Crippen LogP contribution in [0.2, 0.25) is 0 Å². The second kappa shape index (κ2) is 4.45. The smallest absolute Gasteiger partial charge is 0.221 e. The summed E-state index contributed by atoms with van der Waals surface area (Å²) in [7, 11) is 1.61. The number of methoxy groups -OCH3 is 1. The molecule has 0 saturated carbocycles. The van der Waals surface area contributed by atoms with Gasteiger partial charge in [0.05, 0.1) is 7.11 Å². The second-order valence-electron chi connectivity index (χ2n) is 2.51. The molecule has 1 aromatic heterocycles. The lowest BCUT2D eigenvalue weighted by molar-refractivity contribution is 0.393. The average molecular weight is 175 g/mol. The number of pyridine rings is 1. The second-order valence-corrected chi connectivity index (χ2v) is 2.51. The van der Waals surface area contributed by atoms with E-state index in [-0.39, 0.29) is 0 Å². The molecule has 13 heavy (non-hydrogen) atoms. The molecule has 0 aromatic carbocycles. The summed E-state index contributed by atoms with van der Waals surface area (Å²) in [5.41, 5.74) is 0. The first kappa shape index (κ1) is 9.52. The van der Waals surface area contributed by atoms with Crippen LogP contribution >= 0.6 is 0 Å². The highest BCUT2D eigenvalue weighted by molar-refractivity contribution is 5.41. The maximum absolute atomic E-state index is 5.13. The van der Waals surface area contributed by atoms with Gasteiger partial charge in [-0.25, -0.2) is 4.98 Å². The molecule has 0 aliphatic carbocycles. The van der Waals surface area contributed by atoms with Crippen LogP contribution in [0, 0.1) is 0 Å². The Labute approximate surface area is 77.9 Å². The molecule has 0 aliphatic heterocycles. The molecule has 0 bridgehead atoms. The first-order chi connectivity index (χ1) is 6.33. The van der Waals surface area contributed by atoms with E-state index < -0.39 is 0 Å². The number of allylic oxidation sites excluding steroid dienone is 1. The highest BCUT2D eigenvalue weighted by atomic mass is 16.5. The van der Waals surface area contributed by atoms with Crippen LogP contribution in [0.15, 0.2) is 24.9 Å². The standard InChI is InChI=1S/C11H13NO/c1-4-6-10-9(5-2)7-8-12-11(10)13-3/h4-8H,1H2,2-3H3/b9-5-,10-6+. The minimum Gasteiger partial charge on any atom is -0.481 e. The molecule has 0 radical (unpaired) electrons. The van der Waals surface area contributed by atoms with Crippen molar-refractivity contribution in [1.29, 1.82) is 0 Å². The number of hydrogen-bond donors (Lipinski definition) is 0. The fraction of sp³-hybridized carbons (Fsp3) is 0.182. The summed E-state index contributed by atoms with van der Waals surface area (Å²) >= 11 is 0. The number of rotatable bonds is 2. The largest absolute Gasteiger partial charge is 0.481 e. The van der Waals surface area contributed by atoms with E-state index in [4.69, 9.17) is 4.74 Å². The molecule has 0 unspecified atom stereocenters. The monoisotopic (exact) mass is 175 g/mol. The summed E-state index contributed by atoms with van der Waals surface area (Å²) in [5.74, 6) is 0.635. The van der Waals surface area contributed by atoms with Crippen molar-refractivity contribution in [2.45, 2.75) is 6.92 Å². The topological polar surface area (TPSA) is 22.1 Å². The predicted octanol–water partition coefficient (Wildman–Crippen LogP) is 0.857. The molecule has 0 N–H and O–H groups in total. The number of aromatic nitrogens is 1. The average Bonchev–Trinajstić information content (AvgIpc) is 2.18. The van der Waals surface area contributed by atoms with Crippen LogP contribution in [0.1, 0.15) is 6.92 Å². The molecule has 0 aliphatic rings. The molecule has 2 heteroatoms. The van der Waals surface area contributed by atoms with E-state index in [0.717, 1.165) is 10.4 Å². The quantitative estimate of drug-likeness (QED) is 0.665. The Bertz CT molecular complexity index is 407. The number of hydrogen-bond acceptors (Lipinski definition) is 2. The zero-order chi connectivity index (χ0) is 9.68. The maximum Gasteiger partial charge on any atom is 0.221 e. The van der Waals surface area contributed by atoms with E-state index in [1.54, 1.807) is 19.4 Å². The van der Waals surface area contributed by atoms with Crippen molar-refractivity contribution < 1.29 is 4.74 Å². The molecule has 1 heterocycles. The Balaban J connectivity index is 3.58. The molecule has 2 nitrogen and oxygen atoms in total. The molecule has 0 fully saturated rings. The fourth-order valence-corrected chi connectivity index (χ4v) is 1.17. The predicted molar refractivity (Wildman–Crippen MR) is 54.8 cm³/mol. The summed E-state index contributed by atoms with van der Waals surface area (Å²) in [5, 5.41) is 2.08. The Morgan fingerprint density at radius 2 is 2.31 bits per heavy atom. The van der Waals surface area contributed by atoms with Gasteiger partial charge in [0.15, 0.2) is 0 Å². The van der Waals surface area contributed by atoms with Gasteiger partial charge in [0.2, 0.25) is 5.88 Å². The van der Waals surface area contributed by atoms with Crippen molar-refractivity contribution in [3.63, 3.8) is 0 Å². The van der Waals surface area contributed by atoms with Gasteiger partial charge >= 0.3 is 0 Å². The Morgan fingerprint density at radius 1 is 1.54 bits per heavy atom. The van der Waals surface area contributed by atoms with E-state index >= 15 is 0 Å². The van der Waals surface area contributed by atoms with Crippen molar-refractivity contribution >= 4 is 12.2 Å². The summed E-state index contributed by atoms with van der Waals surface area (Å²) in [6.45, 7) is 5.64. The molecular weight excluding hydrogens is 162 g/mol. The van der Waals surface area contributed by atoms with Gasteiger partial charge in [0.1, 0.15) is 0 Å². The Morgan fingerprint density at radius 3 is 2.85 bits per heavy atom. The van der Waals surface area contributed by atoms with Crippen molar-refractivity contribution in [1.82, 2.24) is 4.98 Å². The maximum atomic E-state index is 5.13. The molecule has 0 atom stereocenters. The first-order valence-electron chi connectivity index (χ1n) is 4.11. The van der Waals surface area contributed by atoms with E-state index in [1.165, 1.54) is 0 Å². The molecule has 0 saturated heterocycles. The minimum absolute atomic E-state index is 0.635. The van der Waals surface area contributed by atoms with Crippen LogP contribution in [0.5, 0.6) is 5.88 Å². The number of ether oxygens (including phenoxy) is 1. The van der Waals surface area contributed by atoms with E-state index in [1.807, 2.05) is 25.1 Å². The minimum atomic E-state index is 0.635. The molecule has 68 valence electrons. The third kappa shape index (κ3) is 1.96. The van der Waals surface area contributed by atoms with Crippen molar-refractivity contribution in [3.8, 4) is 5.88 Å². The first-order valence-corrected chi connectivity index (χ1v) is 4.11. The van der Waals surface area contributed by atoms with Gasteiger partial charge in [0.25, 0.3) is 0 Å². The zero-order valence-electron chi connectivity index (χ0n) is 7.95. The molecular formula is C11H13NO. The van der Waals surface area contributed by atoms with Gasteiger partial charge in [-0.2, -0.15) is 0 Å². The van der Waals surface area contributed by atoms with Crippen LogP contribution < -0.4 is 15.2 Å². The normalized spacial score (nSPS) is 13.1. The van der Waals surface area contributed by atoms with Gasteiger partial charge in [-0.05, 0) is 24.3 Å². The third-order valence-electron chi connectivity index (χ3n) is 1.78. The SMILES string of the molecule is C=C/C=c1/c(OC)ncc/c1=C/C. The zero-order valence-corrected chi connectivity index (χ0v) is 7.95. The fourth-order valence-electron chi connectivity index (χ4n) is 1.17. The van der Waals surface area contributed by atoms with E-state index in [0.29, 0.717) is 5.88 Å². The summed E-state index contributed by atoms with van der Waals surface area (Å²) in [6.07, 6.45) is 7.36. The van der Waals surface area contributed by atoms with Crippen molar-refractivity contribution in [2.75, 3.05) is 7.11 Å². The Hall–Kier alpha value is -1.57. The van der Waals surface area contributed by atoms with Gasteiger partial charge in [0, 0.05) is 11.4 Å². The van der Waals surface area contributed by atoms with Crippen molar-refractivity contribution in [2.24, 2.45) is 0 Å². The lowest BCUT2D eigenvalue weighted by Crippen LogP contribution is -2.26. The molecule has 1 aromatic rings. The Kier molecular flexibility index (Phi) is 3.26. The third-order valence-corrected chi connectivity index (χ3v) is 1.78. The highest BCUT2D eigenvalue weighted by Gasteiger charge is 1.94. The summed E-state index contributed by atoms with van der Waals surface area (Å²) in [4.78, 5) is 4.10. The molecule has 0 spiro atoms. The van der Waals surface area contributed by atoms with E-state index in [2.05, 4.69) is 11.6 Å². The lowest BCUT2D eigenvalue weighted by Gasteiger charge is -1.98. The highest BCUT2D eigenvalue weighted by Crippen LogP contribution is 1.90. The molecule has 1 rings (SSSR count). The lowest BCUT2D eigenvalue weighted by atomic mass is 10.2. The van der Waals surface area contributed by atoms with Gasteiger partial charge in [-0.15, -0.1) is 0 Å². The number of nitrogens with zero attached hydrogens (tertiary/aromatic N) is 1. The van der Waals surface area contributed by atoms with Crippen LogP contribution in [0.3, 0.4) is 0 Å². The molecule has 0 amide bonds. The summed E-state index contributed by atoms with van der Waals surface area (Å²) in [6, 6.07) is 1.94. The van der Waals surface area contributed by atoms with Gasteiger partial charge in [-0.1, -0.05) is 18.7 Å².